The van der Waals surface area contributed by atoms with Crippen LogP contribution in [0.5, 0.6) is 11.5 Å². The minimum absolute atomic E-state index is 0.101. The maximum atomic E-state index is 12.6. The molecule has 30 heavy (non-hydrogen) atoms. The third kappa shape index (κ3) is 5.64. The van der Waals surface area contributed by atoms with E-state index in [1.54, 1.807) is 6.07 Å². The number of amides is 2. The van der Waals surface area contributed by atoms with Gasteiger partial charge in [0.15, 0.2) is 11.5 Å². The number of rotatable bonds is 7. The highest BCUT2D eigenvalue weighted by Gasteiger charge is 2.23. The van der Waals surface area contributed by atoms with Gasteiger partial charge in [-0.3, -0.25) is 0 Å². The first-order valence-electron chi connectivity index (χ1n) is 10.5. The Bertz CT molecular complexity index is 822. The van der Waals surface area contributed by atoms with Crippen molar-refractivity contribution < 1.29 is 23.7 Å². The van der Waals surface area contributed by atoms with Gasteiger partial charge < -0.3 is 29.2 Å². The van der Waals surface area contributed by atoms with E-state index < -0.39 is 0 Å². The van der Waals surface area contributed by atoms with Crippen LogP contribution >= 0.6 is 0 Å². The Kier molecular flexibility index (Phi) is 7.05. The Balaban J connectivity index is 1.13. The van der Waals surface area contributed by atoms with Crippen molar-refractivity contribution >= 4 is 11.7 Å². The van der Waals surface area contributed by atoms with Crippen molar-refractivity contribution in [3.05, 3.63) is 54.1 Å². The quantitative estimate of drug-likeness (QED) is 0.703. The minimum Gasteiger partial charge on any atom is -0.486 e. The lowest BCUT2D eigenvalue weighted by Gasteiger charge is -2.32. The lowest BCUT2D eigenvalue weighted by molar-refractivity contribution is -0.0202. The van der Waals surface area contributed by atoms with E-state index in [1.807, 2.05) is 47.4 Å². The summed E-state index contributed by atoms with van der Waals surface area (Å²) >= 11 is 0. The first-order chi connectivity index (χ1) is 14.8. The van der Waals surface area contributed by atoms with Crippen LogP contribution in [0.2, 0.25) is 0 Å². The van der Waals surface area contributed by atoms with Gasteiger partial charge in [-0.25, -0.2) is 4.79 Å². The van der Waals surface area contributed by atoms with Gasteiger partial charge in [0, 0.05) is 24.8 Å². The molecule has 0 atom stereocenters. The molecule has 0 spiro atoms. The zero-order valence-electron chi connectivity index (χ0n) is 17.0. The summed E-state index contributed by atoms with van der Waals surface area (Å²) in [5, 5.41) is 2.94. The molecule has 2 heterocycles. The molecular formula is C23H28N2O5. The Labute approximate surface area is 176 Å². The van der Waals surface area contributed by atoms with Gasteiger partial charge in [-0.1, -0.05) is 30.3 Å². The molecule has 7 nitrogen and oxygen atoms in total. The fourth-order valence-corrected chi connectivity index (χ4v) is 3.59. The Morgan fingerprint density at radius 2 is 1.77 bits per heavy atom. The summed E-state index contributed by atoms with van der Waals surface area (Å²) in [5.41, 5.74) is 1.87. The van der Waals surface area contributed by atoms with Crippen LogP contribution in [0.3, 0.4) is 0 Å². The van der Waals surface area contributed by atoms with Gasteiger partial charge in [0.05, 0.1) is 25.9 Å². The highest BCUT2D eigenvalue weighted by Crippen LogP contribution is 2.32. The van der Waals surface area contributed by atoms with Gasteiger partial charge in [0.25, 0.3) is 0 Å². The summed E-state index contributed by atoms with van der Waals surface area (Å²) in [4.78, 5) is 14.4. The van der Waals surface area contributed by atoms with E-state index in [9.17, 15) is 4.79 Å². The minimum atomic E-state index is -0.101. The molecule has 2 aliphatic heterocycles. The predicted octanol–water partition coefficient (Wildman–Crippen LogP) is 3.69. The van der Waals surface area contributed by atoms with Crippen molar-refractivity contribution in [2.75, 3.05) is 44.8 Å². The van der Waals surface area contributed by atoms with Crippen LogP contribution in [-0.2, 0) is 16.1 Å². The van der Waals surface area contributed by atoms with Crippen molar-refractivity contribution in [1.82, 2.24) is 4.90 Å². The van der Waals surface area contributed by atoms with E-state index >= 15 is 0 Å². The number of nitrogens with zero attached hydrogens (tertiary/aromatic N) is 1. The second kappa shape index (κ2) is 10.3. The number of ether oxygens (including phenoxy) is 4. The molecule has 2 aromatic carbocycles. The number of urea groups is 1. The summed E-state index contributed by atoms with van der Waals surface area (Å²) in [6.45, 7) is 4.16. The Morgan fingerprint density at radius 1 is 1.00 bits per heavy atom. The number of carbonyl (C=O) groups excluding carboxylic acids is 1. The van der Waals surface area contributed by atoms with Gasteiger partial charge in [-0.2, -0.15) is 0 Å². The van der Waals surface area contributed by atoms with Crippen LogP contribution in [-0.4, -0.2) is 56.6 Å². The molecule has 0 bridgehead atoms. The number of hydrogen-bond acceptors (Lipinski definition) is 5. The molecule has 1 fully saturated rings. The Morgan fingerprint density at radius 3 is 2.57 bits per heavy atom. The van der Waals surface area contributed by atoms with Crippen molar-refractivity contribution in [1.29, 1.82) is 0 Å². The molecule has 7 heteroatoms. The van der Waals surface area contributed by atoms with Crippen LogP contribution in [0.15, 0.2) is 48.5 Å². The lowest BCUT2D eigenvalue weighted by Crippen LogP contribution is -2.43. The molecule has 0 saturated carbocycles. The third-order valence-electron chi connectivity index (χ3n) is 5.22. The van der Waals surface area contributed by atoms with Gasteiger partial charge in [0.2, 0.25) is 0 Å². The molecule has 160 valence electrons. The monoisotopic (exact) mass is 412 g/mol. The Hall–Kier alpha value is -2.77. The number of carbonyl (C=O) groups is 1. The number of nitrogens with one attached hydrogen (secondary N) is 1. The molecule has 1 saturated heterocycles. The van der Waals surface area contributed by atoms with Crippen LogP contribution in [0.25, 0.3) is 0 Å². The van der Waals surface area contributed by atoms with E-state index in [-0.39, 0.29) is 12.1 Å². The molecule has 2 aliphatic rings. The maximum Gasteiger partial charge on any atom is 0.321 e. The van der Waals surface area contributed by atoms with Crippen LogP contribution in [0, 0.1) is 0 Å². The summed E-state index contributed by atoms with van der Waals surface area (Å²) in [5.74, 6) is 1.38. The molecule has 2 amide bonds. The zero-order valence-corrected chi connectivity index (χ0v) is 17.0. The predicted molar refractivity (Wildman–Crippen MR) is 113 cm³/mol. The fourth-order valence-electron chi connectivity index (χ4n) is 3.59. The fraction of sp³-hybridized carbons (Fsp3) is 0.435. The number of likely N-dealkylation sites (tertiary alicyclic amines) is 1. The van der Waals surface area contributed by atoms with Crippen LogP contribution in [0.1, 0.15) is 18.4 Å². The third-order valence-corrected chi connectivity index (χ3v) is 5.22. The largest absolute Gasteiger partial charge is 0.486 e. The average molecular weight is 412 g/mol. The van der Waals surface area contributed by atoms with Crippen LogP contribution in [0.4, 0.5) is 10.5 Å². The van der Waals surface area contributed by atoms with Gasteiger partial charge in [-0.05, 0) is 30.5 Å². The summed E-state index contributed by atoms with van der Waals surface area (Å²) in [6, 6.07) is 15.5. The summed E-state index contributed by atoms with van der Waals surface area (Å²) in [6.07, 6.45) is 1.82. The average Bonchev–Trinajstić information content (AvgIpc) is 2.80. The molecule has 1 N–H and O–H groups in total. The first kappa shape index (κ1) is 20.5. The van der Waals surface area contributed by atoms with Crippen molar-refractivity contribution in [2.24, 2.45) is 0 Å². The summed E-state index contributed by atoms with van der Waals surface area (Å²) in [7, 11) is 0. The van der Waals surface area contributed by atoms with E-state index in [1.165, 1.54) is 0 Å². The molecular weight excluding hydrogens is 384 g/mol. The zero-order chi connectivity index (χ0) is 20.6. The second-order valence-electron chi connectivity index (χ2n) is 7.38. The van der Waals surface area contributed by atoms with Crippen LogP contribution < -0.4 is 14.8 Å². The molecule has 0 radical (unpaired) electrons. The number of anilines is 1. The number of benzene rings is 2. The second-order valence-corrected chi connectivity index (χ2v) is 7.38. The highest BCUT2D eigenvalue weighted by molar-refractivity contribution is 5.89. The highest BCUT2D eigenvalue weighted by atomic mass is 16.6. The molecule has 0 unspecified atom stereocenters. The van der Waals surface area contributed by atoms with Gasteiger partial charge in [0.1, 0.15) is 13.2 Å². The van der Waals surface area contributed by atoms with Crippen molar-refractivity contribution in [3.8, 4) is 11.5 Å². The SMILES string of the molecule is O=C(Nc1ccc2c(c1)OCCO2)N1CCC(OCCOCc2ccccc2)CC1. The summed E-state index contributed by atoms with van der Waals surface area (Å²) < 4.78 is 22.7. The molecule has 4 rings (SSSR count). The number of fused-ring (bicyclic) bond motifs is 1. The maximum absolute atomic E-state index is 12.6. The smallest absolute Gasteiger partial charge is 0.321 e. The molecule has 0 aromatic heterocycles. The van der Waals surface area contributed by atoms with E-state index in [2.05, 4.69) is 5.32 Å². The van der Waals surface area contributed by atoms with E-state index in [0.717, 1.165) is 18.4 Å². The van der Waals surface area contributed by atoms with E-state index in [0.29, 0.717) is 63.3 Å². The normalized spacial score (nSPS) is 16.3. The molecule has 2 aromatic rings. The van der Waals surface area contributed by atoms with Gasteiger partial charge in [-0.15, -0.1) is 0 Å². The number of hydrogen-bond donors (Lipinski definition) is 1. The van der Waals surface area contributed by atoms with E-state index in [4.69, 9.17) is 18.9 Å². The first-order valence-corrected chi connectivity index (χ1v) is 10.5. The van der Waals surface area contributed by atoms with Gasteiger partial charge >= 0.3 is 6.03 Å². The number of piperidine rings is 1. The molecule has 0 aliphatic carbocycles. The lowest BCUT2D eigenvalue weighted by atomic mass is 10.1. The topological polar surface area (TPSA) is 69.3 Å². The van der Waals surface area contributed by atoms with Crippen molar-refractivity contribution in [3.63, 3.8) is 0 Å². The van der Waals surface area contributed by atoms with Crippen molar-refractivity contribution in [2.45, 2.75) is 25.6 Å². The standard InChI is InChI=1S/C23H28N2O5/c26-23(24-19-6-7-21-22(16-19)30-15-14-29-21)25-10-8-20(9-11-25)28-13-12-27-17-18-4-2-1-3-5-18/h1-7,16,20H,8-15,17H2,(H,24,26).